The molecule has 1 saturated heterocycles. The maximum Gasteiger partial charge on any atom is 0.471 e. The molecule has 0 radical (unpaired) electrons. The number of halogens is 3. The van der Waals surface area contributed by atoms with Crippen molar-refractivity contribution < 1.29 is 27.6 Å². The van der Waals surface area contributed by atoms with Gasteiger partial charge in [0.1, 0.15) is 0 Å². The van der Waals surface area contributed by atoms with Crippen molar-refractivity contribution in [1.29, 1.82) is 0 Å². The van der Waals surface area contributed by atoms with Gasteiger partial charge in [0.05, 0.1) is 5.56 Å². The highest BCUT2D eigenvalue weighted by atomic mass is 19.4. The van der Waals surface area contributed by atoms with Crippen molar-refractivity contribution in [2.75, 3.05) is 18.0 Å². The number of rotatable bonds is 3. The van der Waals surface area contributed by atoms with Crippen molar-refractivity contribution in [2.45, 2.75) is 25.1 Å². The molecule has 2 aromatic rings. The lowest BCUT2D eigenvalue weighted by atomic mass is 10.1. The van der Waals surface area contributed by atoms with E-state index in [1.807, 2.05) is 4.90 Å². The number of piperidine rings is 1. The topological polar surface area (TPSA) is 117 Å². The number of hydrogen-bond acceptors (Lipinski definition) is 7. The van der Waals surface area contributed by atoms with Crippen LogP contribution < -0.4 is 10.2 Å². The molecule has 1 amide bonds. The molecular formula is C13H13F3N6O3. The van der Waals surface area contributed by atoms with Gasteiger partial charge in [-0.1, -0.05) is 5.16 Å². The smallest absolute Gasteiger partial charge is 0.465 e. The molecule has 0 aliphatic carbocycles. The first-order chi connectivity index (χ1) is 11.8. The van der Waals surface area contributed by atoms with Gasteiger partial charge in [-0.15, -0.1) is 0 Å². The molecule has 0 bridgehead atoms. The summed E-state index contributed by atoms with van der Waals surface area (Å²) in [5.74, 6) is -1.28. The average Bonchev–Trinajstić information content (AvgIpc) is 3.05. The van der Waals surface area contributed by atoms with Gasteiger partial charge in [-0.2, -0.15) is 18.2 Å². The summed E-state index contributed by atoms with van der Waals surface area (Å²) < 4.78 is 41.5. The Hall–Kier alpha value is -2.92. The predicted molar refractivity (Wildman–Crippen MR) is 76.7 cm³/mol. The Labute approximate surface area is 138 Å². The maximum absolute atomic E-state index is 12.5. The first-order valence-electron chi connectivity index (χ1n) is 7.30. The molecule has 0 saturated carbocycles. The first kappa shape index (κ1) is 16.9. The van der Waals surface area contributed by atoms with E-state index in [0.717, 1.165) is 0 Å². The molecule has 12 heteroatoms. The number of amides is 1. The van der Waals surface area contributed by atoms with Crippen molar-refractivity contribution in [3.8, 4) is 11.4 Å². The van der Waals surface area contributed by atoms with Gasteiger partial charge in [-0.05, 0) is 12.8 Å². The quantitative estimate of drug-likeness (QED) is 0.853. The summed E-state index contributed by atoms with van der Waals surface area (Å²) in [4.78, 5) is 24.0. The number of hydrogen-bond donors (Lipinski definition) is 2. The molecule has 0 unspecified atom stereocenters. The van der Waals surface area contributed by atoms with E-state index in [4.69, 9.17) is 5.11 Å². The van der Waals surface area contributed by atoms with Gasteiger partial charge >= 0.3 is 18.2 Å². The molecule has 1 aliphatic rings. The molecule has 2 aromatic heterocycles. The van der Waals surface area contributed by atoms with Crippen LogP contribution in [0.4, 0.5) is 23.9 Å². The molecule has 3 heterocycles. The lowest BCUT2D eigenvalue weighted by Gasteiger charge is -2.31. The van der Waals surface area contributed by atoms with E-state index in [1.54, 1.807) is 0 Å². The van der Waals surface area contributed by atoms with Crippen LogP contribution in [-0.4, -0.2) is 50.4 Å². The number of alkyl halides is 3. The largest absolute Gasteiger partial charge is 0.471 e. The van der Waals surface area contributed by atoms with Gasteiger partial charge < -0.3 is 19.8 Å². The Morgan fingerprint density at radius 1 is 1.28 bits per heavy atom. The van der Waals surface area contributed by atoms with Crippen LogP contribution in [-0.2, 0) is 6.18 Å². The van der Waals surface area contributed by atoms with Crippen molar-refractivity contribution >= 4 is 12.0 Å². The third kappa shape index (κ3) is 3.95. The molecule has 1 aliphatic heterocycles. The van der Waals surface area contributed by atoms with Crippen LogP contribution in [0.3, 0.4) is 0 Å². The van der Waals surface area contributed by atoms with Gasteiger partial charge in [0.25, 0.3) is 0 Å². The third-order valence-corrected chi connectivity index (χ3v) is 3.67. The lowest BCUT2D eigenvalue weighted by Crippen LogP contribution is -2.44. The zero-order valence-corrected chi connectivity index (χ0v) is 12.7. The van der Waals surface area contributed by atoms with E-state index >= 15 is 0 Å². The number of nitrogens with zero attached hydrogens (tertiary/aromatic N) is 5. The summed E-state index contributed by atoms with van der Waals surface area (Å²) >= 11 is 0. The summed E-state index contributed by atoms with van der Waals surface area (Å²) in [5.41, 5.74) is 0.199. The van der Waals surface area contributed by atoms with E-state index in [1.165, 1.54) is 12.4 Å². The fourth-order valence-corrected chi connectivity index (χ4v) is 2.45. The standard InChI is InChI=1S/C13H13F3N6O3/c14-13(15,16)10-20-9(21-25-10)7-5-17-11(18-6-7)22-3-1-8(2-4-22)19-12(23)24/h5-6,8,19H,1-4H2,(H,23,24). The lowest BCUT2D eigenvalue weighted by molar-refractivity contribution is -0.159. The van der Waals surface area contributed by atoms with Gasteiger partial charge in [0.15, 0.2) is 0 Å². The van der Waals surface area contributed by atoms with Crippen LogP contribution in [0.15, 0.2) is 16.9 Å². The summed E-state index contributed by atoms with van der Waals surface area (Å²) in [7, 11) is 0. The van der Waals surface area contributed by atoms with Crippen LogP contribution in [0, 0.1) is 0 Å². The summed E-state index contributed by atoms with van der Waals surface area (Å²) in [6.45, 7) is 1.12. The van der Waals surface area contributed by atoms with Gasteiger partial charge in [-0.3, -0.25) is 0 Å². The third-order valence-electron chi connectivity index (χ3n) is 3.67. The molecule has 0 atom stereocenters. The average molecular weight is 358 g/mol. The molecule has 25 heavy (non-hydrogen) atoms. The fraction of sp³-hybridized carbons (Fsp3) is 0.462. The van der Waals surface area contributed by atoms with Gasteiger partial charge in [-0.25, -0.2) is 14.8 Å². The Kier molecular flexibility index (Phi) is 4.42. The van der Waals surface area contributed by atoms with Gasteiger partial charge in [0.2, 0.25) is 11.8 Å². The highest BCUT2D eigenvalue weighted by molar-refractivity contribution is 5.64. The zero-order chi connectivity index (χ0) is 18.0. The Bertz CT molecular complexity index is 740. The summed E-state index contributed by atoms with van der Waals surface area (Å²) in [6.07, 6.45) is -1.92. The van der Waals surface area contributed by atoms with Crippen LogP contribution in [0.25, 0.3) is 11.4 Å². The maximum atomic E-state index is 12.5. The molecular weight excluding hydrogens is 345 g/mol. The number of aromatic nitrogens is 4. The number of nitrogens with one attached hydrogen (secondary N) is 1. The minimum absolute atomic E-state index is 0.117. The Morgan fingerprint density at radius 3 is 2.44 bits per heavy atom. The van der Waals surface area contributed by atoms with Crippen molar-refractivity contribution in [3.63, 3.8) is 0 Å². The number of carboxylic acid groups (broad SMARTS) is 1. The number of carbonyl (C=O) groups is 1. The fourth-order valence-electron chi connectivity index (χ4n) is 2.45. The second-order valence-corrected chi connectivity index (χ2v) is 5.40. The van der Waals surface area contributed by atoms with Crippen molar-refractivity contribution in [2.24, 2.45) is 0 Å². The summed E-state index contributed by atoms with van der Waals surface area (Å²) in [6, 6.07) is -0.117. The molecule has 3 rings (SSSR count). The van der Waals surface area contributed by atoms with Crippen molar-refractivity contribution in [1.82, 2.24) is 25.4 Å². The molecule has 1 fully saturated rings. The monoisotopic (exact) mass is 358 g/mol. The SMILES string of the molecule is O=C(O)NC1CCN(c2ncc(-c3noc(C(F)(F)F)n3)cn2)CC1. The van der Waals surface area contributed by atoms with E-state index < -0.39 is 18.2 Å². The minimum atomic E-state index is -4.71. The van der Waals surface area contributed by atoms with E-state index in [0.29, 0.717) is 31.9 Å². The Balaban J connectivity index is 1.65. The zero-order valence-electron chi connectivity index (χ0n) is 12.7. The van der Waals surface area contributed by atoms with Crippen LogP contribution >= 0.6 is 0 Å². The first-order valence-corrected chi connectivity index (χ1v) is 7.30. The number of anilines is 1. The Morgan fingerprint density at radius 2 is 1.92 bits per heavy atom. The van der Waals surface area contributed by atoms with Crippen LogP contribution in [0.2, 0.25) is 0 Å². The minimum Gasteiger partial charge on any atom is -0.465 e. The molecule has 134 valence electrons. The van der Waals surface area contributed by atoms with E-state index in [2.05, 4.69) is 29.9 Å². The predicted octanol–water partition coefficient (Wildman–Crippen LogP) is 1.78. The second kappa shape index (κ2) is 6.53. The van der Waals surface area contributed by atoms with Gasteiger partial charge in [0, 0.05) is 31.5 Å². The molecule has 0 spiro atoms. The molecule has 9 nitrogen and oxygen atoms in total. The summed E-state index contributed by atoms with van der Waals surface area (Å²) in [5, 5.41) is 14.4. The normalized spacial score (nSPS) is 16.0. The van der Waals surface area contributed by atoms with E-state index in [9.17, 15) is 18.0 Å². The van der Waals surface area contributed by atoms with E-state index in [-0.39, 0.29) is 17.4 Å². The molecule has 0 aromatic carbocycles. The van der Waals surface area contributed by atoms with Crippen LogP contribution in [0.5, 0.6) is 0 Å². The highest BCUT2D eigenvalue weighted by Gasteiger charge is 2.38. The molecule has 2 N–H and O–H groups in total. The highest BCUT2D eigenvalue weighted by Crippen LogP contribution is 2.29. The second-order valence-electron chi connectivity index (χ2n) is 5.40. The van der Waals surface area contributed by atoms with Crippen molar-refractivity contribution in [3.05, 3.63) is 18.3 Å². The van der Waals surface area contributed by atoms with Crippen LogP contribution in [0.1, 0.15) is 18.7 Å².